The smallest absolute Gasteiger partial charge is 0.329 e. The molecule has 2 atom stereocenters. The molecule has 0 aliphatic heterocycles. The van der Waals surface area contributed by atoms with Gasteiger partial charge in [-0.25, -0.2) is 9.18 Å². The lowest BCUT2D eigenvalue weighted by atomic mass is 10.0. The van der Waals surface area contributed by atoms with Gasteiger partial charge in [-0.1, -0.05) is 12.1 Å². The Morgan fingerprint density at radius 2 is 1.94 bits per heavy atom. The molecule has 8 heteroatoms. The summed E-state index contributed by atoms with van der Waals surface area (Å²) < 4.78 is 30.1. The van der Waals surface area contributed by atoms with Crippen molar-refractivity contribution >= 4 is 21.9 Å². The maximum absolute atomic E-state index is 15.2. The van der Waals surface area contributed by atoms with Crippen molar-refractivity contribution in [3.8, 4) is 16.9 Å². The molecule has 0 spiro atoms. The van der Waals surface area contributed by atoms with E-state index in [9.17, 15) is 4.79 Å². The molecule has 7 nitrogen and oxygen atoms in total. The standard InChI is InChI=1S/C28H33FN4O3/c1-31(2)12-5-13-36-20-9-6-18(7-10-20)22-15-23-25(16-24(22)29)30-17-26-27(23)33(28(34)32(26)3)19-8-11-21(14-19)35-4/h6-7,9-10,15-17,19,21H,5,8,11-14H2,1-4H3. The van der Waals surface area contributed by atoms with E-state index in [1.165, 1.54) is 6.07 Å². The number of halogens is 1. The number of benzene rings is 2. The first-order chi connectivity index (χ1) is 17.4. The van der Waals surface area contributed by atoms with Crippen molar-refractivity contribution in [1.29, 1.82) is 0 Å². The Morgan fingerprint density at radius 1 is 1.17 bits per heavy atom. The van der Waals surface area contributed by atoms with Gasteiger partial charge in [0.2, 0.25) is 0 Å². The van der Waals surface area contributed by atoms with E-state index in [1.54, 1.807) is 24.9 Å². The fourth-order valence-corrected chi connectivity index (χ4v) is 5.28. The second kappa shape index (κ2) is 10.0. The number of imidazole rings is 1. The molecule has 1 saturated carbocycles. The molecule has 2 heterocycles. The van der Waals surface area contributed by atoms with Crippen molar-refractivity contribution in [2.24, 2.45) is 7.05 Å². The molecule has 1 aliphatic carbocycles. The Hall–Kier alpha value is -3.23. The lowest BCUT2D eigenvalue weighted by molar-refractivity contribution is 0.106. The summed E-state index contributed by atoms with van der Waals surface area (Å²) in [6.45, 7) is 1.59. The van der Waals surface area contributed by atoms with E-state index in [2.05, 4.69) is 9.88 Å². The molecule has 0 amide bonds. The molecule has 0 radical (unpaired) electrons. The molecule has 2 unspecified atom stereocenters. The van der Waals surface area contributed by atoms with Crippen molar-refractivity contribution in [2.45, 2.75) is 37.8 Å². The zero-order valence-corrected chi connectivity index (χ0v) is 21.3. The van der Waals surface area contributed by atoms with Crippen LogP contribution in [0.25, 0.3) is 33.1 Å². The van der Waals surface area contributed by atoms with E-state index in [4.69, 9.17) is 9.47 Å². The van der Waals surface area contributed by atoms with Crippen molar-refractivity contribution in [3.63, 3.8) is 0 Å². The maximum Gasteiger partial charge on any atom is 0.329 e. The summed E-state index contributed by atoms with van der Waals surface area (Å²) >= 11 is 0. The molecule has 1 fully saturated rings. The number of fused-ring (bicyclic) bond motifs is 3. The van der Waals surface area contributed by atoms with Crippen LogP contribution in [0.4, 0.5) is 4.39 Å². The average molecular weight is 493 g/mol. The Labute approximate surface area is 210 Å². The number of ether oxygens (including phenoxy) is 2. The molecule has 5 rings (SSSR count). The second-order valence-corrected chi connectivity index (χ2v) is 9.91. The van der Waals surface area contributed by atoms with Crippen molar-refractivity contribution < 1.29 is 13.9 Å². The van der Waals surface area contributed by atoms with Gasteiger partial charge in [0.15, 0.2) is 0 Å². The van der Waals surface area contributed by atoms with Gasteiger partial charge < -0.3 is 14.4 Å². The molecule has 0 saturated heterocycles. The average Bonchev–Trinajstić information content (AvgIpc) is 3.44. The number of aryl methyl sites for hydroxylation is 1. The van der Waals surface area contributed by atoms with E-state index >= 15 is 4.39 Å². The number of methoxy groups -OCH3 is 1. The highest BCUT2D eigenvalue weighted by Crippen LogP contribution is 2.36. The SMILES string of the molecule is COC1CCC(n2c(=O)n(C)c3cnc4cc(F)c(-c5ccc(OCCCN(C)C)cc5)cc4c32)C1. The number of hydrogen-bond acceptors (Lipinski definition) is 5. The molecule has 190 valence electrons. The number of aromatic nitrogens is 3. The van der Waals surface area contributed by atoms with E-state index in [0.29, 0.717) is 17.7 Å². The summed E-state index contributed by atoms with van der Waals surface area (Å²) in [6, 6.07) is 10.8. The van der Waals surface area contributed by atoms with Gasteiger partial charge in [-0.2, -0.15) is 0 Å². The topological polar surface area (TPSA) is 61.5 Å². The van der Waals surface area contributed by atoms with Crippen LogP contribution in [0, 0.1) is 5.82 Å². The number of nitrogens with zero attached hydrogens (tertiary/aromatic N) is 4. The van der Waals surface area contributed by atoms with Crippen molar-refractivity contribution in [3.05, 3.63) is 58.9 Å². The van der Waals surface area contributed by atoms with Crippen LogP contribution in [-0.4, -0.2) is 59.5 Å². The number of pyridine rings is 1. The largest absolute Gasteiger partial charge is 0.494 e. The molecule has 2 aromatic heterocycles. The van der Waals surface area contributed by atoms with Crippen LogP contribution < -0.4 is 10.4 Å². The van der Waals surface area contributed by atoms with Crippen molar-refractivity contribution in [1.82, 2.24) is 19.0 Å². The van der Waals surface area contributed by atoms with Crippen LogP contribution in [0.5, 0.6) is 5.75 Å². The quantitative estimate of drug-likeness (QED) is 0.332. The normalized spacial score (nSPS) is 18.1. The third-order valence-electron chi connectivity index (χ3n) is 7.24. The summed E-state index contributed by atoms with van der Waals surface area (Å²) in [5, 5.41) is 0.770. The second-order valence-electron chi connectivity index (χ2n) is 9.91. The summed E-state index contributed by atoms with van der Waals surface area (Å²) in [5.41, 5.74) is 3.22. The predicted molar refractivity (Wildman–Crippen MR) is 140 cm³/mol. The highest BCUT2D eigenvalue weighted by molar-refractivity contribution is 6.04. The Morgan fingerprint density at radius 3 is 2.64 bits per heavy atom. The first-order valence-corrected chi connectivity index (χ1v) is 12.5. The minimum absolute atomic E-state index is 0.0363. The van der Waals surface area contributed by atoms with Crippen LogP contribution in [0.2, 0.25) is 0 Å². The first kappa shape index (κ1) is 24.5. The molecule has 4 aromatic rings. The van der Waals surface area contributed by atoms with E-state index < -0.39 is 0 Å². The van der Waals surface area contributed by atoms with E-state index in [1.807, 2.05) is 49.0 Å². The molecule has 0 bridgehead atoms. The lowest BCUT2D eigenvalue weighted by Crippen LogP contribution is -2.25. The molecular formula is C28H33FN4O3. The number of rotatable bonds is 8. The Kier molecular flexibility index (Phi) is 6.81. The highest BCUT2D eigenvalue weighted by Gasteiger charge is 2.30. The van der Waals surface area contributed by atoms with Crippen LogP contribution in [0.15, 0.2) is 47.4 Å². The summed E-state index contributed by atoms with van der Waals surface area (Å²) in [7, 11) is 7.55. The summed E-state index contributed by atoms with van der Waals surface area (Å²) in [6.07, 6.45) is 5.30. The third-order valence-corrected chi connectivity index (χ3v) is 7.24. The zero-order valence-electron chi connectivity index (χ0n) is 21.3. The van der Waals surface area contributed by atoms with Crippen LogP contribution in [0.3, 0.4) is 0 Å². The molecule has 0 N–H and O–H groups in total. The molecule has 1 aliphatic rings. The molecule has 36 heavy (non-hydrogen) atoms. The minimum Gasteiger partial charge on any atom is -0.494 e. The molecule has 2 aromatic carbocycles. The highest BCUT2D eigenvalue weighted by atomic mass is 19.1. The van der Waals surface area contributed by atoms with Gasteiger partial charge in [0.25, 0.3) is 0 Å². The first-order valence-electron chi connectivity index (χ1n) is 12.5. The summed E-state index contributed by atoms with van der Waals surface area (Å²) in [4.78, 5) is 19.9. The molecular weight excluding hydrogens is 459 g/mol. The fourth-order valence-electron chi connectivity index (χ4n) is 5.28. The zero-order chi connectivity index (χ0) is 25.4. The van der Waals surface area contributed by atoms with Crippen LogP contribution in [0.1, 0.15) is 31.7 Å². The monoisotopic (exact) mass is 492 g/mol. The van der Waals surface area contributed by atoms with E-state index in [-0.39, 0.29) is 23.7 Å². The van der Waals surface area contributed by atoms with Gasteiger partial charge in [-0.05, 0) is 63.5 Å². The maximum atomic E-state index is 15.2. The minimum atomic E-state index is -0.348. The van der Waals surface area contributed by atoms with Gasteiger partial charge in [0.05, 0.1) is 35.5 Å². The van der Waals surface area contributed by atoms with E-state index in [0.717, 1.165) is 60.0 Å². The Bertz CT molecular complexity index is 1440. The van der Waals surface area contributed by atoms with Gasteiger partial charge >= 0.3 is 5.69 Å². The van der Waals surface area contributed by atoms with Crippen LogP contribution in [-0.2, 0) is 11.8 Å². The van der Waals surface area contributed by atoms with Crippen LogP contribution >= 0.6 is 0 Å². The third kappa shape index (κ3) is 4.51. The van der Waals surface area contributed by atoms with Crippen molar-refractivity contribution in [2.75, 3.05) is 34.4 Å². The fraction of sp³-hybridized carbons (Fsp3) is 0.429. The number of hydrogen-bond donors (Lipinski definition) is 0. The van der Waals surface area contributed by atoms with Gasteiger partial charge in [0, 0.05) is 43.8 Å². The summed E-state index contributed by atoms with van der Waals surface area (Å²) in [5.74, 6) is 0.410. The predicted octanol–water partition coefficient (Wildman–Crippen LogP) is 4.76. The van der Waals surface area contributed by atoms with Gasteiger partial charge in [-0.15, -0.1) is 0 Å². The van der Waals surface area contributed by atoms with Gasteiger partial charge in [-0.3, -0.25) is 14.1 Å². The van der Waals surface area contributed by atoms with Gasteiger partial charge in [0.1, 0.15) is 11.6 Å². The lowest BCUT2D eigenvalue weighted by Gasteiger charge is -2.14. The Balaban J connectivity index is 1.54.